The van der Waals surface area contributed by atoms with Gasteiger partial charge in [0.25, 0.3) is 0 Å². The van der Waals surface area contributed by atoms with Crippen molar-refractivity contribution in [3.8, 4) is 44.9 Å². The average Bonchev–Trinajstić information content (AvgIpc) is 2.93. The summed E-state index contributed by atoms with van der Waals surface area (Å²) in [7, 11) is 0. The van der Waals surface area contributed by atoms with E-state index < -0.39 is 0 Å². The van der Waals surface area contributed by atoms with Crippen LogP contribution in [0.25, 0.3) is 55.8 Å². The Bertz CT molecular complexity index is 1570. The lowest BCUT2D eigenvalue weighted by molar-refractivity contribution is 1.18. The van der Waals surface area contributed by atoms with Crippen molar-refractivity contribution >= 4 is 10.9 Å². The van der Waals surface area contributed by atoms with Crippen molar-refractivity contribution in [3.05, 3.63) is 128 Å². The second kappa shape index (κ2) is 8.72. The van der Waals surface area contributed by atoms with E-state index in [0.29, 0.717) is 5.82 Å². The quantitative estimate of drug-likeness (QED) is 0.285. The zero-order valence-electron chi connectivity index (χ0n) is 18.5. The van der Waals surface area contributed by atoms with Gasteiger partial charge >= 0.3 is 0 Å². The molecule has 0 unspecified atom stereocenters. The van der Waals surface area contributed by atoms with Crippen LogP contribution in [0.5, 0.6) is 0 Å². The number of pyridine rings is 1. The molecule has 2 heterocycles. The van der Waals surface area contributed by atoms with Gasteiger partial charge in [0.1, 0.15) is 0 Å². The topological polar surface area (TPSA) is 38.7 Å². The third kappa shape index (κ3) is 3.84. The highest BCUT2D eigenvalue weighted by Gasteiger charge is 2.08. The predicted molar refractivity (Wildman–Crippen MR) is 139 cm³/mol. The Morgan fingerprint density at radius 1 is 0.412 bits per heavy atom. The van der Waals surface area contributed by atoms with E-state index in [1.807, 2.05) is 30.6 Å². The molecule has 0 aliphatic carbocycles. The van der Waals surface area contributed by atoms with Crippen LogP contribution >= 0.6 is 0 Å². The molecule has 0 radical (unpaired) electrons. The van der Waals surface area contributed by atoms with E-state index >= 15 is 0 Å². The van der Waals surface area contributed by atoms with Crippen LogP contribution < -0.4 is 0 Å². The van der Waals surface area contributed by atoms with Crippen LogP contribution in [0.1, 0.15) is 0 Å². The lowest BCUT2D eigenvalue weighted by atomic mass is 10.0. The highest BCUT2D eigenvalue weighted by molar-refractivity contribution is 5.93. The third-order valence-electron chi connectivity index (χ3n) is 6.03. The zero-order chi connectivity index (χ0) is 22.7. The summed E-state index contributed by atoms with van der Waals surface area (Å²) in [5, 5.41) is 1.14. The molecule has 4 aromatic carbocycles. The number of hydrogen-bond donors (Lipinski definition) is 0. The first-order valence-corrected chi connectivity index (χ1v) is 11.3. The summed E-state index contributed by atoms with van der Waals surface area (Å²) in [6, 6.07) is 39.6. The van der Waals surface area contributed by atoms with Crippen LogP contribution in [-0.4, -0.2) is 15.0 Å². The Hall–Kier alpha value is -4.63. The van der Waals surface area contributed by atoms with E-state index in [0.717, 1.165) is 38.9 Å². The molecule has 3 nitrogen and oxygen atoms in total. The van der Waals surface area contributed by atoms with E-state index in [1.165, 1.54) is 11.1 Å². The molecule has 34 heavy (non-hydrogen) atoms. The number of hydrogen-bond acceptors (Lipinski definition) is 3. The molecule has 6 aromatic rings. The summed E-state index contributed by atoms with van der Waals surface area (Å²) in [5.74, 6) is 0.715. The van der Waals surface area contributed by atoms with Crippen LogP contribution in [0.3, 0.4) is 0 Å². The molecular weight excluding hydrogens is 414 g/mol. The summed E-state index contributed by atoms with van der Waals surface area (Å²) in [4.78, 5) is 14.0. The van der Waals surface area contributed by atoms with E-state index in [9.17, 15) is 0 Å². The Kier molecular flexibility index (Phi) is 5.13. The average molecular weight is 436 g/mol. The molecule has 160 valence electrons. The Balaban J connectivity index is 1.30. The Morgan fingerprint density at radius 3 is 1.91 bits per heavy atom. The largest absolute Gasteiger partial charge is 0.256 e. The van der Waals surface area contributed by atoms with Gasteiger partial charge < -0.3 is 0 Å². The summed E-state index contributed by atoms with van der Waals surface area (Å²) < 4.78 is 0. The number of fused-ring (bicyclic) bond motifs is 1. The highest BCUT2D eigenvalue weighted by atomic mass is 14.9. The van der Waals surface area contributed by atoms with E-state index in [2.05, 4.69) is 107 Å². The minimum Gasteiger partial charge on any atom is -0.256 e. The molecule has 0 bridgehead atoms. The van der Waals surface area contributed by atoms with Crippen molar-refractivity contribution in [1.29, 1.82) is 0 Å². The Labute approximate surface area is 198 Å². The minimum atomic E-state index is 0.715. The summed E-state index contributed by atoms with van der Waals surface area (Å²) in [5.41, 5.74) is 8.62. The van der Waals surface area contributed by atoms with Gasteiger partial charge in [-0.2, -0.15) is 0 Å². The number of rotatable bonds is 4. The molecular formula is C31H21N3. The van der Waals surface area contributed by atoms with Gasteiger partial charge in [-0.15, -0.1) is 0 Å². The van der Waals surface area contributed by atoms with E-state index in [4.69, 9.17) is 4.98 Å². The van der Waals surface area contributed by atoms with Crippen LogP contribution in [-0.2, 0) is 0 Å². The Morgan fingerprint density at radius 2 is 1.09 bits per heavy atom. The molecule has 0 N–H and O–H groups in total. The molecule has 0 spiro atoms. The molecule has 0 saturated heterocycles. The maximum absolute atomic E-state index is 4.84. The smallest absolute Gasteiger partial charge is 0.159 e. The van der Waals surface area contributed by atoms with Crippen molar-refractivity contribution in [2.45, 2.75) is 0 Å². The van der Waals surface area contributed by atoms with Gasteiger partial charge in [-0.1, -0.05) is 103 Å². The van der Waals surface area contributed by atoms with Crippen LogP contribution in [0, 0.1) is 0 Å². The van der Waals surface area contributed by atoms with Gasteiger partial charge in [0, 0.05) is 34.5 Å². The fourth-order valence-electron chi connectivity index (χ4n) is 4.26. The molecule has 0 atom stereocenters. The van der Waals surface area contributed by atoms with Gasteiger partial charge in [-0.3, -0.25) is 4.98 Å². The fourth-order valence-corrected chi connectivity index (χ4v) is 4.26. The lowest BCUT2D eigenvalue weighted by Crippen LogP contribution is -1.92. The molecule has 0 aliphatic rings. The first-order chi connectivity index (χ1) is 16.8. The lowest BCUT2D eigenvalue weighted by Gasteiger charge is -2.08. The second-order valence-corrected chi connectivity index (χ2v) is 8.17. The molecule has 6 rings (SSSR count). The van der Waals surface area contributed by atoms with Gasteiger partial charge in [0.15, 0.2) is 5.82 Å². The summed E-state index contributed by atoms with van der Waals surface area (Å²) in [6.45, 7) is 0. The minimum absolute atomic E-state index is 0.715. The SMILES string of the molecule is c1ccc(-c2ccc(-c3ccnc(-c4ccc(-c5cccc6cccnc56)cc4)n3)cc2)cc1. The third-order valence-corrected chi connectivity index (χ3v) is 6.03. The van der Waals surface area contributed by atoms with E-state index in [1.54, 1.807) is 0 Å². The van der Waals surface area contributed by atoms with Crippen molar-refractivity contribution in [2.75, 3.05) is 0 Å². The van der Waals surface area contributed by atoms with E-state index in [-0.39, 0.29) is 0 Å². The zero-order valence-corrected chi connectivity index (χ0v) is 18.5. The van der Waals surface area contributed by atoms with Gasteiger partial charge in [-0.25, -0.2) is 9.97 Å². The highest BCUT2D eigenvalue weighted by Crippen LogP contribution is 2.29. The first-order valence-electron chi connectivity index (χ1n) is 11.3. The molecule has 0 amide bonds. The molecule has 0 fully saturated rings. The summed E-state index contributed by atoms with van der Waals surface area (Å²) in [6.07, 6.45) is 3.66. The molecule has 3 heteroatoms. The molecule has 2 aromatic heterocycles. The normalized spacial score (nSPS) is 10.9. The van der Waals surface area contributed by atoms with Crippen molar-refractivity contribution in [1.82, 2.24) is 15.0 Å². The van der Waals surface area contributed by atoms with Crippen molar-refractivity contribution < 1.29 is 0 Å². The number of benzene rings is 4. The van der Waals surface area contributed by atoms with Crippen LogP contribution in [0.4, 0.5) is 0 Å². The number of nitrogens with zero attached hydrogens (tertiary/aromatic N) is 3. The second-order valence-electron chi connectivity index (χ2n) is 8.17. The van der Waals surface area contributed by atoms with Crippen LogP contribution in [0.2, 0.25) is 0 Å². The fraction of sp³-hybridized carbons (Fsp3) is 0. The van der Waals surface area contributed by atoms with Crippen molar-refractivity contribution in [2.24, 2.45) is 0 Å². The standard InChI is InChI=1S/C31H21N3/c1-2-6-22(7-3-1)23-11-15-25(16-12-23)29-19-21-33-31(34-29)27-17-13-24(14-18-27)28-10-4-8-26-9-5-20-32-30(26)28/h1-21H. The van der Waals surface area contributed by atoms with Crippen molar-refractivity contribution in [3.63, 3.8) is 0 Å². The van der Waals surface area contributed by atoms with Gasteiger partial charge in [-0.05, 0) is 28.8 Å². The monoisotopic (exact) mass is 435 g/mol. The van der Waals surface area contributed by atoms with Crippen LogP contribution in [0.15, 0.2) is 128 Å². The maximum atomic E-state index is 4.84. The molecule has 0 saturated carbocycles. The maximum Gasteiger partial charge on any atom is 0.159 e. The van der Waals surface area contributed by atoms with Gasteiger partial charge in [0.2, 0.25) is 0 Å². The first kappa shape index (κ1) is 20.0. The summed E-state index contributed by atoms with van der Waals surface area (Å²) >= 11 is 0. The van der Waals surface area contributed by atoms with Gasteiger partial charge in [0.05, 0.1) is 11.2 Å². The predicted octanol–water partition coefficient (Wildman–Crippen LogP) is 7.69. The molecule has 0 aliphatic heterocycles. The number of aromatic nitrogens is 3. The number of para-hydroxylation sites is 1.